The molecule has 0 atom stereocenters. The predicted octanol–water partition coefficient (Wildman–Crippen LogP) is 4.10. The van der Waals surface area contributed by atoms with E-state index in [1.165, 1.54) is 0 Å². The number of nitrogens with zero attached hydrogens (tertiary/aromatic N) is 3. The monoisotopic (exact) mass is 391 g/mol. The van der Waals surface area contributed by atoms with Crippen LogP contribution in [0.5, 0.6) is 5.75 Å². The molecule has 0 aliphatic heterocycles. The largest absolute Gasteiger partial charge is 0.493 e. The highest BCUT2D eigenvalue weighted by molar-refractivity contribution is 5.80. The number of hydrogen-bond donors (Lipinski definition) is 1. The fourth-order valence-corrected chi connectivity index (χ4v) is 3.15. The quantitative estimate of drug-likeness (QED) is 0.486. The molecule has 0 unspecified atom stereocenters. The molecule has 0 amide bonds. The van der Waals surface area contributed by atoms with Gasteiger partial charge in [-0.2, -0.15) is 5.10 Å². The molecule has 2 aromatic heterocycles. The number of fused-ring (bicyclic) bond motifs is 1. The Morgan fingerprint density at radius 1 is 1.21 bits per heavy atom. The maximum Gasteiger partial charge on any atom is 0.305 e. The highest BCUT2D eigenvalue weighted by Gasteiger charge is 2.12. The molecule has 148 valence electrons. The van der Waals surface area contributed by atoms with E-state index in [0.29, 0.717) is 31.2 Å². The molecular weight excluding hydrogens is 370 g/mol. The summed E-state index contributed by atoms with van der Waals surface area (Å²) in [4.78, 5) is 15.4. The van der Waals surface area contributed by atoms with Crippen molar-refractivity contribution in [3.8, 4) is 17.2 Å². The molecule has 0 spiro atoms. The molecule has 4 rings (SSSR count). The van der Waals surface area contributed by atoms with Crippen LogP contribution in [0.2, 0.25) is 0 Å². The average Bonchev–Trinajstić information content (AvgIpc) is 3.30. The zero-order valence-corrected chi connectivity index (χ0v) is 16.0. The molecule has 0 bridgehead atoms. The van der Waals surface area contributed by atoms with Crippen molar-refractivity contribution in [3.05, 3.63) is 66.2 Å². The van der Waals surface area contributed by atoms with Gasteiger partial charge in [0, 0.05) is 23.4 Å². The minimum atomic E-state index is -0.848. The molecule has 0 saturated carbocycles. The van der Waals surface area contributed by atoms with Crippen LogP contribution in [0.4, 0.5) is 0 Å². The number of oxazole rings is 1. The number of carbonyl (C=O) groups is 1. The average molecular weight is 391 g/mol. The van der Waals surface area contributed by atoms with Crippen molar-refractivity contribution in [2.24, 2.45) is 0 Å². The van der Waals surface area contributed by atoms with Gasteiger partial charge in [0.2, 0.25) is 5.89 Å². The highest BCUT2D eigenvalue weighted by Crippen LogP contribution is 2.23. The Balaban J connectivity index is 1.42. The fraction of sp³-hybridized carbons (Fsp3) is 0.227. The normalized spacial score (nSPS) is 11.1. The highest BCUT2D eigenvalue weighted by atomic mass is 16.5. The van der Waals surface area contributed by atoms with Crippen molar-refractivity contribution in [3.63, 3.8) is 0 Å². The summed E-state index contributed by atoms with van der Waals surface area (Å²) in [6, 6.07) is 15.5. The van der Waals surface area contributed by atoms with E-state index in [2.05, 4.69) is 10.1 Å². The first-order chi connectivity index (χ1) is 14.1. The van der Waals surface area contributed by atoms with Crippen molar-refractivity contribution in [2.75, 3.05) is 6.61 Å². The van der Waals surface area contributed by atoms with Crippen LogP contribution in [0.25, 0.3) is 22.4 Å². The molecule has 0 fully saturated rings. The number of rotatable bonds is 8. The SMILES string of the molecule is Cc1oc(-c2ccccc2)nc1CCOc1ccc2cnn(CCC(=O)O)c2c1. The van der Waals surface area contributed by atoms with E-state index < -0.39 is 5.97 Å². The number of carboxylic acid groups (broad SMARTS) is 1. The molecule has 29 heavy (non-hydrogen) atoms. The second kappa shape index (κ2) is 8.18. The van der Waals surface area contributed by atoms with Crippen molar-refractivity contribution in [2.45, 2.75) is 26.3 Å². The number of carboxylic acids is 1. The van der Waals surface area contributed by atoms with Crippen LogP contribution < -0.4 is 4.74 Å². The van der Waals surface area contributed by atoms with E-state index in [1.807, 2.05) is 55.5 Å². The molecule has 0 saturated heterocycles. The third-order valence-corrected chi connectivity index (χ3v) is 4.67. The summed E-state index contributed by atoms with van der Waals surface area (Å²) in [7, 11) is 0. The summed E-state index contributed by atoms with van der Waals surface area (Å²) >= 11 is 0. The summed E-state index contributed by atoms with van der Waals surface area (Å²) < 4.78 is 13.4. The van der Waals surface area contributed by atoms with Gasteiger partial charge in [0.05, 0.1) is 37.0 Å². The zero-order valence-electron chi connectivity index (χ0n) is 16.0. The van der Waals surface area contributed by atoms with E-state index in [4.69, 9.17) is 14.3 Å². The molecule has 2 heterocycles. The summed E-state index contributed by atoms with van der Waals surface area (Å²) in [6.07, 6.45) is 2.38. The fourth-order valence-electron chi connectivity index (χ4n) is 3.15. The Kier molecular flexibility index (Phi) is 5.29. The van der Waals surface area contributed by atoms with Crippen molar-refractivity contribution in [1.82, 2.24) is 14.8 Å². The summed E-state index contributed by atoms with van der Waals surface area (Å²) in [5.41, 5.74) is 2.67. The van der Waals surface area contributed by atoms with Gasteiger partial charge in [0.1, 0.15) is 11.5 Å². The molecule has 4 aromatic rings. The maximum atomic E-state index is 10.8. The summed E-state index contributed by atoms with van der Waals surface area (Å²) in [5.74, 6) is 1.26. The Morgan fingerprint density at radius 3 is 2.83 bits per heavy atom. The van der Waals surface area contributed by atoms with Gasteiger partial charge < -0.3 is 14.3 Å². The molecule has 0 radical (unpaired) electrons. The third-order valence-electron chi connectivity index (χ3n) is 4.67. The number of aryl methyl sites for hydroxylation is 2. The summed E-state index contributed by atoms with van der Waals surface area (Å²) in [6.45, 7) is 2.68. The molecular formula is C22H21N3O4. The third kappa shape index (κ3) is 4.29. The van der Waals surface area contributed by atoms with Crippen LogP contribution in [0.1, 0.15) is 17.9 Å². The minimum Gasteiger partial charge on any atom is -0.493 e. The lowest BCUT2D eigenvalue weighted by molar-refractivity contribution is -0.137. The predicted molar refractivity (Wildman–Crippen MR) is 108 cm³/mol. The van der Waals surface area contributed by atoms with Crippen molar-refractivity contribution < 1.29 is 19.1 Å². The van der Waals surface area contributed by atoms with E-state index in [9.17, 15) is 4.79 Å². The Morgan fingerprint density at radius 2 is 2.03 bits per heavy atom. The van der Waals surface area contributed by atoms with E-state index in [0.717, 1.165) is 27.9 Å². The molecule has 1 N–H and O–H groups in total. The first-order valence-electron chi connectivity index (χ1n) is 9.42. The number of ether oxygens (including phenoxy) is 1. The van der Waals surface area contributed by atoms with Crippen LogP contribution in [0, 0.1) is 6.92 Å². The molecule has 7 heteroatoms. The Labute approximate surface area is 167 Å². The Bertz CT molecular complexity index is 1130. The van der Waals surface area contributed by atoms with E-state index in [1.54, 1.807) is 10.9 Å². The lowest BCUT2D eigenvalue weighted by Gasteiger charge is -2.07. The molecule has 7 nitrogen and oxygen atoms in total. The van der Waals surface area contributed by atoms with Gasteiger partial charge in [0.25, 0.3) is 0 Å². The second-order valence-corrected chi connectivity index (χ2v) is 6.72. The van der Waals surface area contributed by atoms with Crippen LogP contribution in [0.3, 0.4) is 0 Å². The Hall–Kier alpha value is -3.61. The second-order valence-electron chi connectivity index (χ2n) is 6.72. The standard InChI is InChI=1S/C22H21N3O4/c1-15-19(24-22(29-15)16-5-3-2-4-6-16)10-12-28-18-8-7-17-14-23-25(20(17)13-18)11-9-21(26)27/h2-8,13-14H,9-12H2,1H3,(H,26,27). The van der Waals surface area contributed by atoms with Crippen LogP contribution in [-0.4, -0.2) is 32.4 Å². The first kappa shape index (κ1) is 18.7. The number of aromatic nitrogens is 3. The number of aliphatic carboxylic acids is 1. The topological polar surface area (TPSA) is 90.4 Å². The van der Waals surface area contributed by atoms with Crippen molar-refractivity contribution >= 4 is 16.9 Å². The van der Waals surface area contributed by atoms with E-state index >= 15 is 0 Å². The van der Waals surface area contributed by atoms with Crippen LogP contribution in [-0.2, 0) is 17.8 Å². The molecule has 2 aromatic carbocycles. The maximum absolute atomic E-state index is 10.8. The minimum absolute atomic E-state index is 0.0248. The zero-order chi connectivity index (χ0) is 20.2. The van der Waals surface area contributed by atoms with Gasteiger partial charge in [0.15, 0.2) is 0 Å². The van der Waals surface area contributed by atoms with E-state index in [-0.39, 0.29) is 6.42 Å². The smallest absolute Gasteiger partial charge is 0.305 e. The summed E-state index contributed by atoms with van der Waals surface area (Å²) in [5, 5.41) is 14.1. The molecule has 0 aliphatic carbocycles. The van der Waals surface area contributed by atoms with Gasteiger partial charge in [-0.05, 0) is 31.2 Å². The number of hydrogen-bond acceptors (Lipinski definition) is 5. The van der Waals surface area contributed by atoms with Gasteiger partial charge in [-0.1, -0.05) is 18.2 Å². The van der Waals surface area contributed by atoms with Crippen molar-refractivity contribution in [1.29, 1.82) is 0 Å². The number of benzene rings is 2. The first-order valence-corrected chi connectivity index (χ1v) is 9.42. The van der Waals surface area contributed by atoms with Crippen LogP contribution >= 0.6 is 0 Å². The lowest BCUT2D eigenvalue weighted by Crippen LogP contribution is -2.06. The van der Waals surface area contributed by atoms with Gasteiger partial charge in [-0.25, -0.2) is 4.98 Å². The van der Waals surface area contributed by atoms with Gasteiger partial charge in [-0.3, -0.25) is 9.48 Å². The van der Waals surface area contributed by atoms with Gasteiger partial charge >= 0.3 is 5.97 Å². The lowest BCUT2D eigenvalue weighted by atomic mass is 10.2. The van der Waals surface area contributed by atoms with Crippen LogP contribution in [0.15, 0.2) is 59.1 Å². The van der Waals surface area contributed by atoms with Gasteiger partial charge in [-0.15, -0.1) is 0 Å². The molecule has 0 aliphatic rings.